The van der Waals surface area contributed by atoms with Crippen molar-refractivity contribution in [3.05, 3.63) is 23.3 Å². The third-order valence-electron chi connectivity index (χ3n) is 7.18. The summed E-state index contributed by atoms with van der Waals surface area (Å²) in [5, 5.41) is 0. The fraction of sp³-hybridized carbons (Fsp3) is 0.667. The molecule has 0 aliphatic carbocycles. The molecule has 0 saturated carbocycles. The number of ether oxygens (including phenoxy) is 2. The van der Waals surface area contributed by atoms with E-state index >= 15 is 0 Å². The summed E-state index contributed by atoms with van der Waals surface area (Å²) in [6, 6.07) is -0.239. The van der Waals surface area contributed by atoms with Gasteiger partial charge >= 0.3 is 71.6 Å². The second kappa shape index (κ2) is 15.5. The molecule has 6 N–H and O–H groups in total. The molecular formula is C24H16F26N4O4. The Hall–Kier alpha value is -4.14. The third kappa shape index (κ3) is 8.21. The van der Waals surface area contributed by atoms with E-state index in [4.69, 9.17) is 11.7 Å². The highest BCUT2D eigenvalue weighted by Gasteiger charge is 2.92. The minimum Gasteiger partial charge on any atom is -0.492 e. The molecule has 0 aromatic heterocycles. The molecule has 0 unspecified atom stereocenters. The highest BCUT2D eigenvalue weighted by Crippen LogP contribution is 2.62. The van der Waals surface area contributed by atoms with Crippen molar-refractivity contribution < 1.29 is 133 Å². The van der Waals surface area contributed by atoms with Gasteiger partial charge in [0.25, 0.3) is 11.8 Å². The number of halogens is 26. The molecule has 0 saturated heterocycles. The van der Waals surface area contributed by atoms with Gasteiger partial charge < -0.3 is 9.47 Å². The quantitative estimate of drug-likeness (QED) is 0.0514. The highest BCUT2D eigenvalue weighted by molar-refractivity contribution is 6.02. The number of nitrogen functional groups attached to an aromatic ring is 2. The van der Waals surface area contributed by atoms with E-state index in [0.717, 1.165) is 10.9 Å². The van der Waals surface area contributed by atoms with Crippen LogP contribution in [-0.4, -0.2) is 96.6 Å². The Morgan fingerprint density at radius 3 is 0.845 bits per heavy atom. The molecule has 0 bridgehead atoms. The first kappa shape index (κ1) is 51.9. The SMILES string of the molecule is NNC(=O)c1cc(OCCC(F)(F)C(F)(F)C(F)(F)C(F)(F)C(F)(F)C(F)(F)F)c(C(=O)NN)cc1OCCC(F)(F)C(F)(F)C(F)(F)C(F)(F)C(F)(F)C(F)(F)F. The molecule has 2 amide bonds. The van der Waals surface area contributed by atoms with Gasteiger partial charge in [-0.3, -0.25) is 20.4 Å². The van der Waals surface area contributed by atoms with E-state index in [2.05, 4.69) is 9.47 Å². The lowest BCUT2D eigenvalue weighted by Gasteiger charge is -2.39. The standard InChI is InChI=1S/C24H16F26N4O4/c25-13(26,15(29,30)17(33,34)19(37,38)21(41,42)23(45,46)47)1-3-57-9-5-8(12(56)54-52)10(6-7(9)11(55)53-51)58-4-2-14(27,28)16(31,32)18(35,36)20(39,40)22(43,44)24(48,49)50/h5-6H,1-4,51-52H2,(H,53,55)(H,54,56). The molecule has 1 rings (SSSR count). The van der Waals surface area contributed by atoms with E-state index in [9.17, 15) is 124 Å². The van der Waals surface area contributed by atoms with Crippen LogP contribution in [0.2, 0.25) is 0 Å². The lowest BCUT2D eigenvalue weighted by Crippen LogP contribution is -2.70. The number of hydrazine groups is 2. The van der Waals surface area contributed by atoms with Gasteiger partial charge in [-0.25, -0.2) is 11.7 Å². The maximum Gasteiger partial charge on any atom is 0.460 e. The van der Waals surface area contributed by atoms with E-state index in [0.29, 0.717) is 0 Å². The maximum atomic E-state index is 14.2. The Labute approximate surface area is 301 Å². The van der Waals surface area contributed by atoms with Crippen molar-refractivity contribution in [2.45, 2.75) is 84.4 Å². The van der Waals surface area contributed by atoms with Gasteiger partial charge in [0.1, 0.15) is 11.5 Å². The van der Waals surface area contributed by atoms with Crippen LogP contribution in [0.1, 0.15) is 33.6 Å². The van der Waals surface area contributed by atoms with Crippen LogP contribution in [0, 0.1) is 0 Å². The molecule has 1 aromatic rings. The maximum absolute atomic E-state index is 14.2. The molecule has 338 valence electrons. The molecule has 0 aliphatic heterocycles. The molecule has 8 nitrogen and oxygen atoms in total. The van der Waals surface area contributed by atoms with Gasteiger partial charge in [0, 0.05) is 0 Å². The Morgan fingerprint density at radius 1 is 0.414 bits per heavy atom. The predicted octanol–water partition coefficient (Wildman–Crippen LogP) is 7.91. The summed E-state index contributed by atoms with van der Waals surface area (Å²) in [5.74, 6) is -75.9. The molecular weight excluding hydrogens is 902 g/mol. The average molecular weight is 918 g/mol. The molecule has 58 heavy (non-hydrogen) atoms. The van der Waals surface area contributed by atoms with E-state index in [1.54, 1.807) is 0 Å². The zero-order valence-electron chi connectivity index (χ0n) is 26.6. The number of carbonyl (C=O) groups is 2. The van der Waals surface area contributed by atoms with Gasteiger partial charge in [-0.05, 0) is 12.1 Å². The fourth-order valence-electron chi connectivity index (χ4n) is 3.81. The first-order chi connectivity index (χ1) is 25.4. The normalized spacial score (nSPS) is 15.0. The van der Waals surface area contributed by atoms with Crippen LogP contribution in [0.15, 0.2) is 12.1 Å². The smallest absolute Gasteiger partial charge is 0.460 e. The Bertz CT molecular complexity index is 1540. The van der Waals surface area contributed by atoms with Crippen molar-refractivity contribution in [3.63, 3.8) is 0 Å². The van der Waals surface area contributed by atoms with Gasteiger partial charge in [0.2, 0.25) is 0 Å². The number of alkyl halides is 26. The number of benzene rings is 1. The van der Waals surface area contributed by atoms with Crippen molar-refractivity contribution in [1.82, 2.24) is 10.9 Å². The predicted molar refractivity (Wildman–Crippen MR) is 132 cm³/mol. The summed E-state index contributed by atoms with van der Waals surface area (Å²) in [6.07, 6.45) is -21.7. The molecule has 0 aliphatic rings. The summed E-state index contributed by atoms with van der Waals surface area (Å²) in [5.41, 5.74) is -0.710. The minimum atomic E-state index is -8.30. The molecule has 1 aromatic carbocycles. The minimum absolute atomic E-state index is 0.119. The molecule has 34 heteroatoms. The van der Waals surface area contributed by atoms with Crippen LogP contribution >= 0.6 is 0 Å². The van der Waals surface area contributed by atoms with Crippen LogP contribution in [0.25, 0.3) is 0 Å². The summed E-state index contributed by atoms with van der Waals surface area (Å²) < 4.78 is 356. The number of amides is 2. The van der Waals surface area contributed by atoms with Gasteiger partial charge in [-0.1, -0.05) is 0 Å². The number of nitrogens with two attached hydrogens (primary N) is 2. The van der Waals surface area contributed by atoms with Gasteiger partial charge in [0.15, 0.2) is 0 Å². The topological polar surface area (TPSA) is 129 Å². The molecule has 0 heterocycles. The number of hydrogen-bond acceptors (Lipinski definition) is 6. The number of rotatable bonds is 18. The first-order valence-corrected chi connectivity index (χ1v) is 13.7. The Morgan fingerprint density at radius 2 is 0.638 bits per heavy atom. The number of carbonyl (C=O) groups excluding carboxylic acids is 2. The Kier molecular flexibility index (Phi) is 13.8. The highest BCUT2D eigenvalue weighted by atomic mass is 19.4. The van der Waals surface area contributed by atoms with Crippen LogP contribution < -0.4 is 32.0 Å². The van der Waals surface area contributed by atoms with E-state index in [1.165, 1.54) is 0 Å². The largest absolute Gasteiger partial charge is 0.492 e. The average Bonchev–Trinajstić information content (AvgIpc) is 3.05. The second-order valence-electron chi connectivity index (χ2n) is 11.0. The molecule has 0 radical (unpaired) electrons. The van der Waals surface area contributed by atoms with Crippen molar-refractivity contribution in [1.29, 1.82) is 0 Å². The van der Waals surface area contributed by atoms with Crippen LogP contribution in [-0.2, 0) is 0 Å². The number of hydrogen-bond donors (Lipinski definition) is 4. The molecule has 0 fully saturated rings. The monoisotopic (exact) mass is 918 g/mol. The third-order valence-corrected chi connectivity index (χ3v) is 7.18. The van der Waals surface area contributed by atoms with Crippen molar-refractivity contribution in [2.75, 3.05) is 13.2 Å². The lowest BCUT2D eigenvalue weighted by atomic mass is 9.93. The molecule has 0 spiro atoms. The van der Waals surface area contributed by atoms with Crippen molar-refractivity contribution in [3.8, 4) is 11.5 Å². The zero-order valence-corrected chi connectivity index (χ0v) is 26.6. The van der Waals surface area contributed by atoms with Crippen molar-refractivity contribution >= 4 is 11.8 Å². The van der Waals surface area contributed by atoms with E-state index in [-0.39, 0.29) is 12.1 Å². The zero-order chi connectivity index (χ0) is 46.5. The summed E-state index contributed by atoms with van der Waals surface area (Å²) >= 11 is 0. The van der Waals surface area contributed by atoms with Crippen LogP contribution in [0.5, 0.6) is 11.5 Å². The van der Waals surface area contributed by atoms with Crippen LogP contribution in [0.3, 0.4) is 0 Å². The van der Waals surface area contributed by atoms with E-state index < -0.39 is 132 Å². The summed E-state index contributed by atoms with van der Waals surface area (Å²) in [4.78, 5) is 24.3. The van der Waals surface area contributed by atoms with E-state index in [1.807, 2.05) is 0 Å². The van der Waals surface area contributed by atoms with Crippen molar-refractivity contribution in [2.24, 2.45) is 11.7 Å². The first-order valence-electron chi connectivity index (χ1n) is 13.7. The fourth-order valence-corrected chi connectivity index (χ4v) is 3.81. The summed E-state index contributed by atoms with van der Waals surface area (Å²) in [6.45, 7) is -4.69. The van der Waals surface area contributed by atoms with Crippen LogP contribution in [0.4, 0.5) is 114 Å². The van der Waals surface area contributed by atoms with Gasteiger partial charge in [0.05, 0.1) is 37.2 Å². The van der Waals surface area contributed by atoms with Gasteiger partial charge in [-0.2, -0.15) is 114 Å². The Balaban J connectivity index is 3.56. The second-order valence-corrected chi connectivity index (χ2v) is 11.0. The van der Waals surface area contributed by atoms with Gasteiger partial charge in [-0.15, -0.1) is 0 Å². The molecule has 0 atom stereocenters. The number of nitrogens with one attached hydrogen (secondary N) is 2. The lowest BCUT2D eigenvalue weighted by molar-refractivity contribution is -0.440. The summed E-state index contributed by atoms with van der Waals surface area (Å²) in [7, 11) is 0.